The molecule has 0 aliphatic heterocycles. The van der Waals surface area contributed by atoms with Crippen molar-refractivity contribution in [2.24, 2.45) is 0 Å². The van der Waals surface area contributed by atoms with E-state index in [9.17, 15) is 19.0 Å². The minimum Gasteiger partial charge on any atom is -0.462 e. The number of hydrogen-bond donors (Lipinski definition) is 1. The summed E-state index contributed by atoms with van der Waals surface area (Å²) in [6.45, 7) is 4.23. The van der Waals surface area contributed by atoms with Crippen LogP contribution in [-0.4, -0.2) is 74.9 Å². The van der Waals surface area contributed by atoms with Gasteiger partial charge >= 0.3 is 19.8 Å². The number of rotatable bonds is 51. The standard InChI is InChI=1S/C58H106NO8P/c1-6-8-10-12-14-16-18-20-22-23-24-25-26-27-28-29-30-31-32-33-34-35-37-38-40-42-44-46-48-50-57(60)64-54-56(55-66-68(62,63)65-53-52-59(3,4)5)67-58(61)51-49-47-45-43-41-39-36-21-19-17-15-13-11-9-7-2/h9,11,15,17,21,36,41,43,47,49,56H,6-8,10,12-14,16,18-20,22-35,37-40,42,44-46,48,50-55H2,1-5H3/p+1/b11-9-,17-15-,36-21-,43-41-,49-47-. The number of phosphoric ester groups is 1. The molecule has 0 radical (unpaired) electrons. The number of carbonyl (C=O) groups excluding carboxylic acids is 2. The lowest BCUT2D eigenvalue weighted by Crippen LogP contribution is -2.37. The molecule has 9 nitrogen and oxygen atoms in total. The van der Waals surface area contributed by atoms with E-state index in [1.54, 1.807) is 6.08 Å². The van der Waals surface area contributed by atoms with Crippen molar-refractivity contribution in [3.8, 4) is 0 Å². The zero-order chi connectivity index (χ0) is 49.9. The first-order valence-corrected chi connectivity index (χ1v) is 29.5. The summed E-state index contributed by atoms with van der Waals surface area (Å²) in [5, 5.41) is 0. The minimum atomic E-state index is -4.41. The van der Waals surface area contributed by atoms with Crippen LogP contribution in [0.2, 0.25) is 0 Å². The van der Waals surface area contributed by atoms with Gasteiger partial charge in [0.2, 0.25) is 0 Å². The predicted molar refractivity (Wildman–Crippen MR) is 289 cm³/mol. The molecular formula is C58H107NO8P+. The molecule has 0 saturated carbocycles. The Morgan fingerprint density at radius 3 is 1.19 bits per heavy atom. The van der Waals surface area contributed by atoms with Crippen LogP contribution in [-0.2, 0) is 32.7 Å². The lowest BCUT2D eigenvalue weighted by Gasteiger charge is -2.24. The van der Waals surface area contributed by atoms with E-state index in [0.717, 1.165) is 44.9 Å². The highest BCUT2D eigenvalue weighted by Gasteiger charge is 2.27. The smallest absolute Gasteiger partial charge is 0.462 e. The third-order valence-electron chi connectivity index (χ3n) is 12.1. The quantitative estimate of drug-likeness (QED) is 0.0211. The first kappa shape index (κ1) is 65.7. The van der Waals surface area contributed by atoms with E-state index in [2.05, 4.69) is 56.4 Å². The fourth-order valence-electron chi connectivity index (χ4n) is 7.80. The van der Waals surface area contributed by atoms with Crippen LogP contribution in [0.1, 0.15) is 245 Å². The number of ether oxygens (including phenoxy) is 2. The third-order valence-corrected chi connectivity index (χ3v) is 13.1. The molecule has 0 bridgehead atoms. The largest absolute Gasteiger partial charge is 0.472 e. The summed E-state index contributed by atoms with van der Waals surface area (Å²) >= 11 is 0. The van der Waals surface area contributed by atoms with Crippen molar-refractivity contribution < 1.29 is 42.1 Å². The van der Waals surface area contributed by atoms with Gasteiger partial charge in [0.25, 0.3) is 0 Å². The van der Waals surface area contributed by atoms with Gasteiger partial charge in [0.1, 0.15) is 19.8 Å². The van der Waals surface area contributed by atoms with Crippen molar-refractivity contribution >= 4 is 19.8 Å². The summed E-state index contributed by atoms with van der Waals surface area (Å²) in [5.41, 5.74) is 0. The molecule has 0 aromatic rings. The zero-order valence-corrected chi connectivity index (χ0v) is 45.7. The zero-order valence-electron chi connectivity index (χ0n) is 44.8. The van der Waals surface area contributed by atoms with Crippen LogP contribution in [0.5, 0.6) is 0 Å². The van der Waals surface area contributed by atoms with Crippen molar-refractivity contribution in [2.45, 2.75) is 251 Å². The fraction of sp³-hybridized carbons (Fsp3) is 0.793. The monoisotopic (exact) mass is 977 g/mol. The van der Waals surface area contributed by atoms with Gasteiger partial charge in [-0.2, -0.15) is 0 Å². The Bertz CT molecular complexity index is 1340. The summed E-state index contributed by atoms with van der Waals surface area (Å²) < 4.78 is 34.3. The van der Waals surface area contributed by atoms with E-state index in [-0.39, 0.29) is 32.0 Å². The molecular weight excluding hydrogens is 870 g/mol. The molecule has 0 aromatic heterocycles. The van der Waals surface area contributed by atoms with Crippen molar-refractivity contribution in [1.82, 2.24) is 0 Å². The first-order valence-electron chi connectivity index (χ1n) is 28.0. The normalized spacial score (nSPS) is 13.8. The lowest BCUT2D eigenvalue weighted by atomic mass is 10.0. The van der Waals surface area contributed by atoms with Gasteiger partial charge in [0.15, 0.2) is 6.10 Å². The molecule has 0 aromatic carbocycles. The van der Waals surface area contributed by atoms with Crippen LogP contribution >= 0.6 is 7.82 Å². The molecule has 0 amide bonds. The summed E-state index contributed by atoms with van der Waals surface area (Å²) in [4.78, 5) is 35.5. The number of carbonyl (C=O) groups is 2. The van der Waals surface area contributed by atoms with Crippen LogP contribution in [0.3, 0.4) is 0 Å². The average molecular weight is 977 g/mol. The number of likely N-dealkylation sites (N-methyl/N-ethyl adjacent to an activating group) is 1. The number of hydrogen-bond acceptors (Lipinski definition) is 7. The molecule has 0 saturated heterocycles. The maximum Gasteiger partial charge on any atom is 0.472 e. The second-order valence-corrected chi connectivity index (χ2v) is 21.4. The third kappa shape index (κ3) is 53.1. The SMILES string of the molecule is CC/C=C\C/C=C\C/C=C\C/C=C\C/C=C\CC(=O)OC(COC(=O)CCCCCCCCCCCCCCCCCCCCCCCCCCCCCCC)COP(=O)(O)OCC[N+](C)(C)C. The maximum atomic E-state index is 12.7. The van der Waals surface area contributed by atoms with Gasteiger partial charge in [0, 0.05) is 6.42 Å². The van der Waals surface area contributed by atoms with Gasteiger partial charge in [-0.25, -0.2) is 4.57 Å². The number of phosphoric acid groups is 1. The second kappa shape index (κ2) is 49.7. The predicted octanol–water partition coefficient (Wildman–Crippen LogP) is 17.1. The highest BCUT2D eigenvalue weighted by molar-refractivity contribution is 7.47. The van der Waals surface area contributed by atoms with Crippen LogP contribution < -0.4 is 0 Å². The summed E-state index contributed by atoms with van der Waals surface area (Å²) in [5.74, 6) is -0.939. The molecule has 0 aliphatic rings. The second-order valence-electron chi connectivity index (χ2n) is 20.0. The molecule has 0 fully saturated rings. The van der Waals surface area contributed by atoms with Crippen molar-refractivity contribution in [1.29, 1.82) is 0 Å². The van der Waals surface area contributed by atoms with Gasteiger partial charge < -0.3 is 18.9 Å². The molecule has 396 valence electrons. The number of unbranched alkanes of at least 4 members (excludes halogenated alkanes) is 28. The van der Waals surface area contributed by atoms with Gasteiger partial charge in [-0.15, -0.1) is 0 Å². The molecule has 0 aliphatic carbocycles. The molecule has 0 spiro atoms. The number of esters is 2. The Hall–Kier alpha value is -2.29. The van der Waals surface area contributed by atoms with E-state index >= 15 is 0 Å². The molecule has 68 heavy (non-hydrogen) atoms. The molecule has 0 heterocycles. The van der Waals surface area contributed by atoms with E-state index in [0.29, 0.717) is 17.4 Å². The Balaban J connectivity index is 4.11. The molecule has 2 atom stereocenters. The fourth-order valence-corrected chi connectivity index (χ4v) is 8.54. The van der Waals surface area contributed by atoms with E-state index in [1.165, 1.54) is 167 Å². The molecule has 0 rings (SSSR count). The average Bonchev–Trinajstić information content (AvgIpc) is 3.30. The van der Waals surface area contributed by atoms with Gasteiger partial charge in [-0.3, -0.25) is 18.6 Å². The van der Waals surface area contributed by atoms with Crippen molar-refractivity contribution in [2.75, 3.05) is 47.5 Å². The minimum absolute atomic E-state index is 0.00834. The molecule has 10 heteroatoms. The van der Waals surface area contributed by atoms with Crippen LogP contribution in [0.25, 0.3) is 0 Å². The Morgan fingerprint density at radius 1 is 0.471 bits per heavy atom. The first-order chi connectivity index (χ1) is 33.0. The molecule has 1 N–H and O–H groups in total. The Labute approximate surface area is 419 Å². The van der Waals surface area contributed by atoms with Crippen molar-refractivity contribution in [3.63, 3.8) is 0 Å². The van der Waals surface area contributed by atoms with Crippen LogP contribution in [0, 0.1) is 0 Å². The number of nitrogens with zero attached hydrogens (tertiary/aromatic N) is 1. The van der Waals surface area contributed by atoms with E-state index < -0.39 is 26.5 Å². The number of quaternary nitrogens is 1. The van der Waals surface area contributed by atoms with Gasteiger partial charge in [0.05, 0.1) is 34.2 Å². The van der Waals surface area contributed by atoms with Crippen LogP contribution in [0.4, 0.5) is 0 Å². The number of allylic oxidation sites excluding steroid dienone is 9. The highest BCUT2D eigenvalue weighted by Crippen LogP contribution is 2.43. The topological polar surface area (TPSA) is 108 Å². The maximum absolute atomic E-state index is 12.7. The van der Waals surface area contributed by atoms with Gasteiger partial charge in [-0.1, -0.05) is 254 Å². The summed E-state index contributed by atoms with van der Waals surface area (Å²) in [6.07, 6.45) is 63.5. The Kier molecular flexibility index (Phi) is 48.0. The lowest BCUT2D eigenvalue weighted by molar-refractivity contribution is -0.870. The van der Waals surface area contributed by atoms with E-state index in [1.807, 2.05) is 33.3 Å². The van der Waals surface area contributed by atoms with E-state index in [4.69, 9.17) is 18.5 Å². The Morgan fingerprint density at radius 2 is 0.824 bits per heavy atom. The summed E-state index contributed by atoms with van der Waals surface area (Å²) in [6, 6.07) is 0. The summed E-state index contributed by atoms with van der Waals surface area (Å²) in [7, 11) is 1.42. The molecule has 2 unspecified atom stereocenters. The van der Waals surface area contributed by atoms with Crippen LogP contribution in [0.15, 0.2) is 60.8 Å². The van der Waals surface area contributed by atoms with Gasteiger partial charge in [-0.05, 0) is 38.5 Å². The van der Waals surface area contributed by atoms with Crippen molar-refractivity contribution in [3.05, 3.63) is 60.8 Å². The highest BCUT2D eigenvalue weighted by atomic mass is 31.2.